The van der Waals surface area contributed by atoms with Gasteiger partial charge in [-0.1, -0.05) is 19.3 Å². The minimum atomic E-state index is -0.288. The van der Waals surface area contributed by atoms with Gasteiger partial charge in [0.1, 0.15) is 11.6 Å². The maximum atomic E-state index is 13.3. The number of benzene rings is 1. The van der Waals surface area contributed by atoms with Crippen LogP contribution in [-0.4, -0.2) is 12.1 Å². The van der Waals surface area contributed by atoms with Gasteiger partial charge in [0.15, 0.2) is 0 Å². The molecule has 0 radical (unpaired) electrons. The first-order valence-electron chi connectivity index (χ1n) is 7.54. The largest absolute Gasteiger partial charge is 0.496 e. The summed E-state index contributed by atoms with van der Waals surface area (Å²) in [4.78, 5) is 4.32. The molecule has 2 aromatic rings. The fourth-order valence-electron chi connectivity index (χ4n) is 2.68. The van der Waals surface area contributed by atoms with Crippen LogP contribution in [0.3, 0.4) is 0 Å². The maximum Gasteiger partial charge on any atom is 0.129 e. The molecule has 0 spiro atoms. The highest BCUT2D eigenvalue weighted by atomic mass is 35.5. The molecule has 0 N–H and O–H groups in total. The fraction of sp³-hybridized carbons (Fsp3) is 0.389. The van der Waals surface area contributed by atoms with Crippen molar-refractivity contribution < 1.29 is 9.13 Å². The van der Waals surface area contributed by atoms with E-state index in [0.29, 0.717) is 5.75 Å². The molecule has 0 bridgehead atoms. The number of aromatic nitrogens is 1. The van der Waals surface area contributed by atoms with Crippen LogP contribution in [0, 0.1) is 11.7 Å². The first-order chi connectivity index (χ1) is 10.3. The van der Waals surface area contributed by atoms with Gasteiger partial charge in [0, 0.05) is 29.6 Å². The van der Waals surface area contributed by atoms with Crippen LogP contribution in [0.2, 0.25) is 0 Å². The summed E-state index contributed by atoms with van der Waals surface area (Å²) in [5.74, 6) is 1.23. The third-order valence-electron chi connectivity index (χ3n) is 4.04. The Balaban J connectivity index is 0.00000132. The Bertz CT molecular complexity index is 632. The molecular weight excluding hydrogens is 336 g/mol. The smallest absolute Gasteiger partial charge is 0.129 e. The van der Waals surface area contributed by atoms with Crippen LogP contribution < -0.4 is 4.74 Å². The van der Waals surface area contributed by atoms with Gasteiger partial charge in [0.25, 0.3) is 0 Å². The van der Waals surface area contributed by atoms with Gasteiger partial charge in [-0.15, -0.1) is 24.8 Å². The van der Waals surface area contributed by atoms with Crippen LogP contribution in [0.5, 0.6) is 5.75 Å². The zero-order valence-electron chi connectivity index (χ0n) is 13.1. The Kier molecular flexibility index (Phi) is 7.80. The van der Waals surface area contributed by atoms with E-state index in [0.717, 1.165) is 23.5 Å². The van der Waals surface area contributed by atoms with E-state index in [1.54, 1.807) is 19.4 Å². The molecule has 1 aliphatic carbocycles. The molecule has 0 saturated heterocycles. The predicted molar refractivity (Wildman–Crippen MR) is 96.3 cm³/mol. The van der Waals surface area contributed by atoms with E-state index < -0.39 is 0 Å². The Morgan fingerprint density at radius 1 is 1.17 bits per heavy atom. The van der Waals surface area contributed by atoms with E-state index in [4.69, 9.17) is 4.74 Å². The van der Waals surface area contributed by atoms with E-state index in [2.05, 4.69) is 11.1 Å². The SMILES string of the molecule is COc1cc(F)ccc1-c1cncc(CCCC2CC2)c1.Cl.Cl. The van der Waals surface area contributed by atoms with Crippen LogP contribution >= 0.6 is 24.8 Å². The number of nitrogens with zero attached hydrogens (tertiary/aromatic N) is 1. The molecular formula is C18H22Cl2FNO. The first kappa shape index (κ1) is 19.7. The van der Waals surface area contributed by atoms with Crippen molar-refractivity contribution in [3.63, 3.8) is 0 Å². The van der Waals surface area contributed by atoms with Gasteiger partial charge in [0.2, 0.25) is 0 Å². The fourth-order valence-corrected chi connectivity index (χ4v) is 2.68. The number of pyridine rings is 1. The van der Waals surface area contributed by atoms with E-state index in [1.807, 2.05) is 6.20 Å². The van der Waals surface area contributed by atoms with Crippen LogP contribution in [0.4, 0.5) is 4.39 Å². The second kappa shape index (κ2) is 9.09. The summed E-state index contributed by atoms with van der Waals surface area (Å²) in [6, 6.07) is 6.75. The van der Waals surface area contributed by atoms with Crippen LogP contribution in [0.1, 0.15) is 31.2 Å². The van der Waals surface area contributed by atoms with Crippen molar-refractivity contribution >= 4 is 24.8 Å². The molecule has 5 heteroatoms. The first-order valence-corrected chi connectivity index (χ1v) is 7.54. The molecule has 1 saturated carbocycles. The van der Waals surface area contributed by atoms with Crippen molar-refractivity contribution in [1.29, 1.82) is 0 Å². The van der Waals surface area contributed by atoms with Crippen molar-refractivity contribution in [3.8, 4) is 16.9 Å². The van der Waals surface area contributed by atoms with Gasteiger partial charge in [-0.3, -0.25) is 4.98 Å². The molecule has 1 heterocycles. The Morgan fingerprint density at radius 3 is 2.65 bits per heavy atom. The zero-order chi connectivity index (χ0) is 14.7. The van der Waals surface area contributed by atoms with E-state index in [-0.39, 0.29) is 30.6 Å². The highest BCUT2D eigenvalue weighted by Gasteiger charge is 2.20. The second-order valence-corrected chi connectivity index (χ2v) is 5.76. The third-order valence-corrected chi connectivity index (χ3v) is 4.04. The quantitative estimate of drug-likeness (QED) is 0.683. The summed E-state index contributed by atoms with van der Waals surface area (Å²) in [5.41, 5.74) is 3.10. The van der Waals surface area contributed by atoms with Gasteiger partial charge in [-0.05, 0) is 42.5 Å². The highest BCUT2D eigenvalue weighted by molar-refractivity contribution is 5.85. The Hall–Kier alpha value is -1.32. The van der Waals surface area contributed by atoms with Crippen LogP contribution in [-0.2, 0) is 6.42 Å². The van der Waals surface area contributed by atoms with Crippen molar-refractivity contribution in [2.24, 2.45) is 5.92 Å². The van der Waals surface area contributed by atoms with Gasteiger partial charge in [0.05, 0.1) is 7.11 Å². The molecule has 0 unspecified atom stereocenters. The van der Waals surface area contributed by atoms with E-state index in [1.165, 1.54) is 43.4 Å². The van der Waals surface area contributed by atoms with E-state index in [9.17, 15) is 4.39 Å². The summed E-state index contributed by atoms with van der Waals surface area (Å²) in [6.07, 6.45) is 10.1. The molecule has 0 aliphatic heterocycles. The molecule has 0 amide bonds. The zero-order valence-corrected chi connectivity index (χ0v) is 14.8. The lowest BCUT2D eigenvalue weighted by Crippen LogP contribution is -1.93. The number of ether oxygens (including phenoxy) is 1. The van der Waals surface area contributed by atoms with Crippen molar-refractivity contribution in [1.82, 2.24) is 4.98 Å². The molecule has 126 valence electrons. The van der Waals surface area contributed by atoms with Crippen molar-refractivity contribution in [2.45, 2.75) is 32.1 Å². The summed E-state index contributed by atoms with van der Waals surface area (Å²) >= 11 is 0. The molecule has 3 rings (SSSR count). The highest BCUT2D eigenvalue weighted by Crippen LogP contribution is 2.34. The van der Waals surface area contributed by atoms with Crippen molar-refractivity contribution in [3.05, 3.63) is 48.0 Å². The molecule has 0 atom stereocenters. The number of rotatable bonds is 6. The van der Waals surface area contributed by atoms with Gasteiger partial charge in [-0.25, -0.2) is 4.39 Å². The molecule has 1 fully saturated rings. The monoisotopic (exact) mass is 357 g/mol. The Morgan fingerprint density at radius 2 is 1.96 bits per heavy atom. The summed E-state index contributed by atoms with van der Waals surface area (Å²) in [5, 5.41) is 0. The number of halogens is 3. The lowest BCUT2D eigenvalue weighted by molar-refractivity contribution is 0.413. The lowest BCUT2D eigenvalue weighted by Gasteiger charge is -2.10. The topological polar surface area (TPSA) is 22.1 Å². The van der Waals surface area contributed by atoms with E-state index >= 15 is 0 Å². The Labute approximate surface area is 149 Å². The standard InChI is InChI=1S/C18H20FNO.2ClH/c1-21-18-10-16(19)7-8-17(18)15-9-14(11-20-12-15)4-2-3-13-5-6-13;;/h7-13H,2-6H2,1H3;2*1H. The maximum absolute atomic E-state index is 13.3. The average molecular weight is 358 g/mol. The van der Waals surface area contributed by atoms with Crippen LogP contribution in [0.15, 0.2) is 36.7 Å². The minimum Gasteiger partial charge on any atom is -0.496 e. The number of hydrogen-bond donors (Lipinski definition) is 0. The average Bonchev–Trinajstić information content (AvgIpc) is 3.31. The van der Waals surface area contributed by atoms with Crippen molar-refractivity contribution in [2.75, 3.05) is 7.11 Å². The summed E-state index contributed by atoms with van der Waals surface area (Å²) < 4.78 is 18.6. The predicted octanol–water partition coefficient (Wildman–Crippen LogP) is 5.47. The normalized spacial score (nSPS) is 13.0. The molecule has 1 aromatic carbocycles. The van der Waals surface area contributed by atoms with Gasteiger partial charge >= 0.3 is 0 Å². The molecule has 1 aromatic heterocycles. The third kappa shape index (κ3) is 5.36. The summed E-state index contributed by atoms with van der Waals surface area (Å²) in [6.45, 7) is 0. The van der Waals surface area contributed by atoms with Crippen LogP contribution in [0.25, 0.3) is 11.1 Å². The second-order valence-electron chi connectivity index (χ2n) is 5.76. The van der Waals surface area contributed by atoms with Gasteiger partial charge in [-0.2, -0.15) is 0 Å². The number of methoxy groups -OCH3 is 1. The number of aryl methyl sites for hydroxylation is 1. The molecule has 23 heavy (non-hydrogen) atoms. The lowest BCUT2D eigenvalue weighted by atomic mass is 10.0. The summed E-state index contributed by atoms with van der Waals surface area (Å²) in [7, 11) is 1.56. The number of hydrogen-bond acceptors (Lipinski definition) is 2. The van der Waals surface area contributed by atoms with Gasteiger partial charge < -0.3 is 4.74 Å². The molecule has 2 nitrogen and oxygen atoms in total. The molecule has 1 aliphatic rings. The minimum absolute atomic E-state index is 0.